The van der Waals surface area contributed by atoms with Crippen LogP contribution in [0.5, 0.6) is 0 Å². The minimum Gasteiger partial charge on any atom is -0.462 e. The molecule has 27 heavy (non-hydrogen) atoms. The fourth-order valence-electron chi connectivity index (χ4n) is 4.37. The van der Waals surface area contributed by atoms with Crippen molar-refractivity contribution in [1.82, 2.24) is 0 Å². The zero-order valence-electron chi connectivity index (χ0n) is 18.6. The Kier molecular flexibility index (Phi) is 15.9. The number of carbonyl (C=O) groups is 1. The Morgan fingerprint density at radius 3 is 1.70 bits per heavy atom. The van der Waals surface area contributed by atoms with Gasteiger partial charge in [-0.1, -0.05) is 110 Å². The van der Waals surface area contributed by atoms with Crippen molar-refractivity contribution in [2.75, 3.05) is 0 Å². The van der Waals surface area contributed by atoms with E-state index in [2.05, 4.69) is 13.8 Å². The lowest BCUT2D eigenvalue weighted by atomic mass is 9.89. The van der Waals surface area contributed by atoms with E-state index in [0.29, 0.717) is 6.42 Å². The summed E-state index contributed by atoms with van der Waals surface area (Å²) in [7, 11) is 0. The molecule has 1 aliphatic rings. The molecule has 160 valence electrons. The highest BCUT2D eigenvalue weighted by Gasteiger charge is 2.21. The SMILES string of the molecule is CCCCCCCCCCCCCCCCCC(=O)OC1CCCC(C)C1. The van der Waals surface area contributed by atoms with E-state index in [1.54, 1.807) is 0 Å². The van der Waals surface area contributed by atoms with Crippen LogP contribution in [0.15, 0.2) is 0 Å². The van der Waals surface area contributed by atoms with Crippen LogP contribution in [0.1, 0.15) is 142 Å². The van der Waals surface area contributed by atoms with Crippen molar-refractivity contribution in [3.8, 4) is 0 Å². The number of esters is 1. The highest BCUT2D eigenvalue weighted by Crippen LogP contribution is 2.26. The molecule has 1 rings (SSSR count). The molecule has 1 aliphatic carbocycles. The third kappa shape index (κ3) is 15.1. The summed E-state index contributed by atoms with van der Waals surface area (Å²) >= 11 is 0. The Balaban J connectivity index is 1.77. The van der Waals surface area contributed by atoms with E-state index in [0.717, 1.165) is 25.2 Å². The smallest absolute Gasteiger partial charge is 0.306 e. The predicted octanol–water partition coefficient (Wildman–Crippen LogP) is 8.37. The Morgan fingerprint density at radius 2 is 1.22 bits per heavy atom. The Hall–Kier alpha value is -0.530. The van der Waals surface area contributed by atoms with Crippen LogP contribution in [-0.2, 0) is 9.53 Å². The van der Waals surface area contributed by atoms with Crippen molar-refractivity contribution >= 4 is 5.97 Å². The van der Waals surface area contributed by atoms with Gasteiger partial charge in [0.25, 0.3) is 0 Å². The molecule has 0 aromatic carbocycles. The average Bonchev–Trinajstić information content (AvgIpc) is 2.65. The van der Waals surface area contributed by atoms with Gasteiger partial charge in [0, 0.05) is 6.42 Å². The molecule has 0 amide bonds. The van der Waals surface area contributed by atoms with Gasteiger partial charge in [0.2, 0.25) is 0 Å². The monoisotopic (exact) mass is 380 g/mol. The topological polar surface area (TPSA) is 26.3 Å². The van der Waals surface area contributed by atoms with E-state index >= 15 is 0 Å². The van der Waals surface area contributed by atoms with Gasteiger partial charge in [-0.05, 0) is 31.6 Å². The molecule has 2 unspecified atom stereocenters. The second kappa shape index (κ2) is 17.6. The van der Waals surface area contributed by atoms with Gasteiger partial charge < -0.3 is 4.74 Å². The standard InChI is InChI=1S/C25H48O2/c1-3-4-5-6-7-8-9-10-11-12-13-14-15-16-17-21-25(26)27-24-20-18-19-23(2)22-24/h23-24H,3-22H2,1-2H3. The largest absolute Gasteiger partial charge is 0.462 e. The van der Waals surface area contributed by atoms with Crippen LogP contribution in [0.3, 0.4) is 0 Å². The summed E-state index contributed by atoms with van der Waals surface area (Å²) in [5, 5.41) is 0. The molecule has 0 saturated heterocycles. The van der Waals surface area contributed by atoms with Gasteiger partial charge in [-0.3, -0.25) is 4.79 Å². The first-order valence-corrected chi connectivity index (χ1v) is 12.4. The average molecular weight is 381 g/mol. The molecule has 1 saturated carbocycles. The van der Waals surface area contributed by atoms with Crippen LogP contribution in [0.25, 0.3) is 0 Å². The summed E-state index contributed by atoms with van der Waals surface area (Å²) < 4.78 is 5.64. The number of ether oxygens (including phenoxy) is 1. The summed E-state index contributed by atoms with van der Waals surface area (Å²) in [5.74, 6) is 0.770. The number of hydrogen-bond donors (Lipinski definition) is 0. The normalized spacial score (nSPS) is 19.9. The molecule has 0 spiro atoms. The highest BCUT2D eigenvalue weighted by molar-refractivity contribution is 5.69. The molecule has 2 heteroatoms. The molecule has 0 heterocycles. The molecule has 0 aliphatic heterocycles. The lowest BCUT2D eigenvalue weighted by Gasteiger charge is -2.26. The maximum atomic E-state index is 11.9. The lowest BCUT2D eigenvalue weighted by Crippen LogP contribution is -2.24. The highest BCUT2D eigenvalue weighted by atomic mass is 16.5. The van der Waals surface area contributed by atoms with Gasteiger partial charge in [-0.25, -0.2) is 0 Å². The first kappa shape index (κ1) is 24.5. The Labute approximate surface area is 170 Å². The Bertz CT molecular complexity index is 339. The second-order valence-corrected chi connectivity index (χ2v) is 9.08. The number of rotatable bonds is 17. The van der Waals surface area contributed by atoms with Gasteiger partial charge in [0.1, 0.15) is 6.10 Å². The van der Waals surface area contributed by atoms with Crippen molar-refractivity contribution < 1.29 is 9.53 Å². The molecule has 0 aromatic heterocycles. The third-order valence-electron chi connectivity index (χ3n) is 6.17. The molecule has 0 N–H and O–H groups in total. The summed E-state index contributed by atoms with van der Waals surface area (Å²) in [5.41, 5.74) is 0. The summed E-state index contributed by atoms with van der Waals surface area (Å²) in [4.78, 5) is 11.9. The molecular weight excluding hydrogens is 332 g/mol. The van der Waals surface area contributed by atoms with Crippen molar-refractivity contribution in [2.24, 2.45) is 5.92 Å². The number of hydrogen-bond acceptors (Lipinski definition) is 2. The molecule has 0 bridgehead atoms. The van der Waals surface area contributed by atoms with Gasteiger partial charge >= 0.3 is 5.97 Å². The second-order valence-electron chi connectivity index (χ2n) is 9.08. The quantitative estimate of drug-likeness (QED) is 0.187. The molecular formula is C25H48O2. The maximum absolute atomic E-state index is 11.9. The number of unbranched alkanes of at least 4 members (excludes halogenated alkanes) is 14. The van der Waals surface area contributed by atoms with Gasteiger partial charge in [-0.15, -0.1) is 0 Å². The van der Waals surface area contributed by atoms with E-state index < -0.39 is 0 Å². The minimum absolute atomic E-state index is 0.0452. The van der Waals surface area contributed by atoms with E-state index in [9.17, 15) is 4.79 Å². The summed E-state index contributed by atoms with van der Waals surface area (Å²) in [6.07, 6.45) is 25.9. The minimum atomic E-state index is 0.0452. The van der Waals surface area contributed by atoms with E-state index in [1.165, 1.54) is 103 Å². The van der Waals surface area contributed by atoms with Crippen LogP contribution in [0, 0.1) is 5.92 Å². The summed E-state index contributed by atoms with van der Waals surface area (Å²) in [6.45, 7) is 4.56. The predicted molar refractivity (Wildman–Crippen MR) is 117 cm³/mol. The van der Waals surface area contributed by atoms with E-state index in [4.69, 9.17) is 4.74 Å². The van der Waals surface area contributed by atoms with Crippen molar-refractivity contribution in [3.63, 3.8) is 0 Å². The van der Waals surface area contributed by atoms with Crippen LogP contribution in [-0.4, -0.2) is 12.1 Å². The van der Waals surface area contributed by atoms with Crippen molar-refractivity contribution in [1.29, 1.82) is 0 Å². The zero-order chi connectivity index (χ0) is 19.6. The zero-order valence-corrected chi connectivity index (χ0v) is 18.6. The first-order chi connectivity index (χ1) is 13.2. The van der Waals surface area contributed by atoms with Crippen LogP contribution >= 0.6 is 0 Å². The van der Waals surface area contributed by atoms with Gasteiger partial charge in [-0.2, -0.15) is 0 Å². The number of carbonyl (C=O) groups excluding carboxylic acids is 1. The first-order valence-electron chi connectivity index (χ1n) is 12.4. The fraction of sp³-hybridized carbons (Fsp3) is 0.960. The maximum Gasteiger partial charge on any atom is 0.306 e. The van der Waals surface area contributed by atoms with Gasteiger partial charge in [0.15, 0.2) is 0 Å². The third-order valence-corrected chi connectivity index (χ3v) is 6.17. The van der Waals surface area contributed by atoms with Gasteiger partial charge in [0.05, 0.1) is 0 Å². The molecule has 2 nitrogen and oxygen atoms in total. The van der Waals surface area contributed by atoms with Crippen LogP contribution in [0.2, 0.25) is 0 Å². The van der Waals surface area contributed by atoms with Crippen molar-refractivity contribution in [3.05, 3.63) is 0 Å². The summed E-state index contributed by atoms with van der Waals surface area (Å²) in [6, 6.07) is 0. The van der Waals surface area contributed by atoms with Crippen molar-refractivity contribution in [2.45, 2.75) is 148 Å². The van der Waals surface area contributed by atoms with E-state index in [1.807, 2.05) is 0 Å². The molecule has 2 atom stereocenters. The van der Waals surface area contributed by atoms with Crippen LogP contribution in [0.4, 0.5) is 0 Å². The molecule has 0 aromatic rings. The lowest BCUT2D eigenvalue weighted by molar-refractivity contribution is -0.151. The Morgan fingerprint density at radius 1 is 0.741 bits per heavy atom. The van der Waals surface area contributed by atoms with E-state index in [-0.39, 0.29) is 12.1 Å². The van der Waals surface area contributed by atoms with Crippen LogP contribution < -0.4 is 0 Å². The fourth-order valence-corrected chi connectivity index (χ4v) is 4.37. The molecule has 1 fully saturated rings. The molecule has 0 radical (unpaired) electrons.